The van der Waals surface area contributed by atoms with Gasteiger partial charge in [0.1, 0.15) is 29.6 Å². The largest absolute Gasteiger partial charge is 0.490 e. The van der Waals surface area contributed by atoms with Crippen LogP contribution in [0.5, 0.6) is 5.75 Å². The van der Waals surface area contributed by atoms with Gasteiger partial charge >= 0.3 is 0 Å². The number of fused-ring (bicyclic) bond motifs is 2. The molecule has 132 valence electrons. The minimum Gasteiger partial charge on any atom is -0.490 e. The Morgan fingerprint density at radius 2 is 1.96 bits per heavy atom. The van der Waals surface area contributed by atoms with Crippen molar-refractivity contribution in [2.45, 2.75) is 18.9 Å². The normalized spacial score (nSPS) is 15.8. The number of nitrogens with zero attached hydrogens (tertiary/aromatic N) is 4. The summed E-state index contributed by atoms with van der Waals surface area (Å²) in [6.07, 6.45) is 7.84. The second-order valence-corrected chi connectivity index (χ2v) is 6.86. The summed E-state index contributed by atoms with van der Waals surface area (Å²) in [5.41, 5.74) is 2.10. The van der Waals surface area contributed by atoms with Gasteiger partial charge in [0.25, 0.3) is 0 Å². The van der Waals surface area contributed by atoms with Gasteiger partial charge in [0, 0.05) is 50.8 Å². The number of hydrogen-bond acceptors (Lipinski definition) is 4. The first-order valence-corrected chi connectivity index (χ1v) is 9.03. The lowest BCUT2D eigenvalue weighted by Crippen LogP contribution is -2.38. The minimum absolute atomic E-state index is 0.237. The van der Waals surface area contributed by atoms with E-state index in [4.69, 9.17) is 4.74 Å². The molecule has 1 fully saturated rings. The number of anilines is 1. The first-order valence-electron chi connectivity index (χ1n) is 9.03. The highest BCUT2D eigenvalue weighted by molar-refractivity contribution is 5.87. The molecule has 3 aromatic heterocycles. The van der Waals surface area contributed by atoms with E-state index in [0.717, 1.165) is 48.5 Å². The van der Waals surface area contributed by atoms with Crippen LogP contribution >= 0.6 is 0 Å². The van der Waals surface area contributed by atoms with E-state index in [0.29, 0.717) is 0 Å². The quantitative estimate of drug-likeness (QED) is 0.616. The van der Waals surface area contributed by atoms with Crippen molar-refractivity contribution in [3.05, 3.63) is 49.1 Å². The molecule has 1 N–H and O–H groups in total. The number of aromatic nitrogens is 4. The Hall–Kier alpha value is -3.02. The van der Waals surface area contributed by atoms with Crippen LogP contribution in [0.4, 0.5) is 5.82 Å². The van der Waals surface area contributed by atoms with Crippen LogP contribution < -0.4 is 9.64 Å². The number of aromatic amines is 1. The Kier molecular flexibility index (Phi) is 3.55. The van der Waals surface area contributed by atoms with Crippen LogP contribution in [0, 0.1) is 0 Å². The van der Waals surface area contributed by atoms with Gasteiger partial charge in [0.2, 0.25) is 0 Å². The highest BCUT2D eigenvalue weighted by Gasteiger charge is 2.23. The zero-order chi connectivity index (χ0) is 17.5. The molecule has 6 nitrogen and oxygen atoms in total. The average Bonchev–Trinajstić information content (AvgIpc) is 3.30. The molecule has 1 aromatic carbocycles. The molecule has 4 heterocycles. The summed E-state index contributed by atoms with van der Waals surface area (Å²) in [6, 6.07) is 10.4. The van der Waals surface area contributed by atoms with E-state index in [2.05, 4.69) is 61.9 Å². The van der Waals surface area contributed by atoms with Gasteiger partial charge in [0.05, 0.1) is 10.9 Å². The molecule has 6 heteroatoms. The Bertz CT molecular complexity index is 1060. The van der Waals surface area contributed by atoms with Gasteiger partial charge in [0.15, 0.2) is 0 Å². The maximum atomic E-state index is 6.36. The van der Waals surface area contributed by atoms with Crippen molar-refractivity contribution >= 4 is 27.8 Å². The Morgan fingerprint density at radius 1 is 1.08 bits per heavy atom. The summed E-state index contributed by atoms with van der Waals surface area (Å²) < 4.78 is 8.49. The molecule has 26 heavy (non-hydrogen) atoms. The van der Waals surface area contributed by atoms with E-state index in [1.165, 1.54) is 10.9 Å². The van der Waals surface area contributed by atoms with Crippen LogP contribution in [0.15, 0.2) is 49.1 Å². The van der Waals surface area contributed by atoms with Crippen LogP contribution in [0.2, 0.25) is 0 Å². The molecule has 4 aromatic rings. The monoisotopic (exact) mass is 347 g/mol. The summed E-state index contributed by atoms with van der Waals surface area (Å²) >= 11 is 0. The predicted octanol–water partition coefficient (Wildman–Crippen LogP) is 3.50. The van der Waals surface area contributed by atoms with Gasteiger partial charge in [-0.25, -0.2) is 9.97 Å². The third-order valence-corrected chi connectivity index (χ3v) is 5.26. The maximum absolute atomic E-state index is 6.36. The highest BCUT2D eigenvalue weighted by atomic mass is 16.5. The van der Waals surface area contributed by atoms with Gasteiger partial charge in [-0.05, 0) is 24.3 Å². The van der Waals surface area contributed by atoms with Gasteiger partial charge < -0.3 is 19.2 Å². The van der Waals surface area contributed by atoms with Crippen molar-refractivity contribution in [1.82, 2.24) is 19.5 Å². The van der Waals surface area contributed by atoms with Gasteiger partial charge in [-0.15, -0.1) is 0 Å². The van der Waals surface area contributed by atoms with Crippen LogP contribution in [0.1, 0.15) is 12.8 Å². The van der Waals surface area contributed by atoms with Gasteiger partial charge in [-0.1, -0.05) is 6.07 Å². The first kappa shape index (κ1) is 15.3. The minimum atomic E-state index is 0.237. The van der Waals surface area contributed by atoms with Crippen molar-refractivity contribution in [2.24, 2.45) is 7.05 Å². The zero-order valence-electron chi connectivity index (χ0n) is 14.7. The molecule has 5 rings (SSSR count). The fourth-order valence-corrected chi connectivity index (χ4v) is 3.85. The average molecular weight is 347 g/mol. The number of nitrogens with one attached hydrogen (secondary N) is 1. The summed E-state index contributed by atoms with van der Waals surface area (Å²) in [6.45, 7) is 1.87. The molecule has 0 spiro atoms. The second-order valence-electron chi connectivity index (χ2n) is 6.86. The third-order valence-electron chi connectivity index (χ3n) is 5.26. The number of rotatable bonds is 3. The zero-order valence-corrected chi connectivity index (χ0v) is 14.7. The molecule has 0 aliphatic carbocycles. The fraction of sp³-hybridized carbons (Fsp3) is 0.300. The summed E-state index contributed by atoms with van der Waals surface area (Å²) in [7, 11) is 2.06. The van der Waals surface area contributed by atoms with E-state index >= 15 is 0 Å². The lowest BCUT2D eigenvalue weighted by atomic mass is 10.1. The Balaban J connectivity index is 1.32. The first-order chi connectivity index (χ1) is 12.8. The van der Waals surface area contributed by atoms with E-state index in [9.17, 15) is 0 Å². The van der Waals surface area contributed by atoms with E-state index in [1.807, 2.05) is 12.3 Å². The van der Waals surface area contributed by atoms with Gasteiger partial charge in [-0.2, -0.15) is 0 Å². The number of ether oxygens (including phenoxy) is 1. The van der Waals surface area contributed by atoms with E-state index in [1.54, 1.807) is 6.33 Å². The number of hydrogen-bond donors (Lipinski definition) is 1. The molecule has 1 aliphatic heterocycles. The third kappa shape index (κ3) is 2.49. The number of benzene rings is 1. The number of H-pyrrole nitrogens is 1. The molecule has 0 amide bonds. The molecular weight excluding hydrogens is 326 g/mol. The molecule has 0 saturated carbocycles. The number of aryl methyl sites for hydroxylation is 1. The van der Waals surface area contributed by atoms with Crippen LogP contribution in [0.3, 0.4) is 0 Å². The predicted molar refractivity (Wildman–Crippen MR) is 103 cm³/mol. The highest BCUT2D eigenvalue weighted by Crippen LogP contribution is 2.30. The van der Waals surface area contributed by atoms with Crippen LogP contribution in [-0.4, -0.2) is 38.7 Å². The fourth-order valence-electron chi connectivity index (χ4n) is 3.85. The maximum Gasteiger partial charge on any atom is 0.142 e. The summed E-state index contributed by atoms with van der Waals surface area (Å²) in [4.78, 5) is 14.3. The van der Waals surface area contributed by atoms with E-state index in [-0.39, 0.29) is 6.10 Å². The summed E-state index contributed by atoms with van der Waals surface area (Å²) in [5.74, 6) is 2.00. The molecule has 0 unspecified atom stereocenters. The van der Waals surface area contributed by atoms with Gasteiger partial charge in [-0.3, -0.25) is 0 Å². The molecular formula is C20H21N5O. The summed E-state index contributed by atoms with van der Waals surface area (Å²) in [5, 5.41) is 2.27. The van der Waals surface area contributed by atoms with Crippen molar-refractivity contribution in [3.63, 3.8) is 0 Å². The second kappa shape index (κ2) is 6.05. The Morgan fingerprint density at radius 3 is 2.85 bits per heavy atom. The van der Waals surface area contributed by atoms with Crippen molar-refractivity contribution in [1.29, 1.82) is 0 Å². The van der Waals surface area contributed by atoms with Crippen molar-refractivity contribution in [2.75, 3.05) is 18.0 Å². The van der Waals surface area contributed by atoms with Crippen molar-refractivity contribution in [3.8, 4) is 5.75 Å². The molecule has 1 aliphatic rings. The Labute approximate surface area is 151 Å². The smallest absolute Gasteiger partial charge is 0.142 e. The standard InChI is InChI=1S/C20H21N5O/c1-24-10-8-15-17(24)3-2-4-18(15)26-14-6-11-25(12-7-14)20-16-5-9-21-19(16)22-13-23-20/h2-5,8-10,13-14H,6-7,11-12H2,1H3,(H,21,22,23). The van der Waals surface area contributed by atoms with E-state index < -0.39 is 0 Å². The SMILES string of the molecule is Cn1ccc2c(OC3CCN(c4ncnc5[nH]ccc45)CC3)cccc21. The lowest BCUT2D eigenvalue weighted by Gasteiger charge is -2.33. The topological polar surface area (TPSA) is 59.0 Å². The molecule has 0 atom stereocenters. The molecule has 1 saturated heterocycles. The van der Waals surface area contributed by atoms with Crippen LogP contribution in [0.25, 0.3) is 21.9 Å². The van der Waals surface area contributed by atoms with Crippen molar-refractivity contribution < 1.29 is 4.74 Å². The lowest BCUT2D eigenvalue weighted by molar-refractivity contribution is 0.173. The molecule has 0 bridgehead atoms. The number of piperidine rings is 1. The molecule has 0 radical (unpaired) electrons. The van der Waals surface area contributed by atoms with Crippen LogP contribution in [-0.2, 0) is 7.05 Å².